The first kappa shape index (κ1) is 25.2. The Morgan fingerprint density at radius 2 is 1.02 bits per heavy atom. The molecular formula is C51H34N2. The van der Waals surface area contributed by atoms with Gasteiger partial charge in [-0.25, -0.2) is 4.98 Å². The van der Waals surface area contributed by atoms with Crippen molar-refractivity contribution in [3.63, 3.8) is 0 Å². The van der Waals surface area contributed by atoms with E-state index in [0.717, 1.165) is 33.0 Å². The number of benzene rings is 9. The molecular weight excluding hydrogens is 641 g/mol. The SMILES string of the molecule is [2H]C([2H])([2H])C([2H])([2H])c1nc2ccccc2n1-c1cccc(-c2cccc(-c3c4ccccc4c(-c4ccc5c6c(cccc46)-c4ccccc4-5)c4ccccc34)c2)c1. The van der Waals surface area contributed by atoms with Gasteiger partial charge >= 0.3 is 0 Å². The summed E-state index contributed by atoms with van der Waals surface area (Å²) >= 11 is 0. The summed E-state index contributed by atoms with van der Waals surface area (Å²) in [5, 5.41) is 7.24. The summed E-state index contributed by atoms with van der Waals surface area (Å²) in [4.78, 5) is 4.54. The van der Waals surface area contributed by atoms with Gasteiger partial charge in [0.1, 0.15) is 5.82 Å². The van der Waals surface area contributed by atoms with Crippen molar-refractivity contribution in [3.05, 3.63) is 182 Å². The minimum absolute atomic E-state index is 0.151. The van der Waals surface area contributed by atoms with E-state index < -0.39 is 13.2 Å². The number of aryl methyl sites for hydroxylation is 1. The first-order chi connectivity index (χ1) is 28.2. The summed E-state index contributed by atoms with van der Waals surface area (Å²) in [6, 6.07) is 61.1. The molecule has 2 nitrogen and oxygen atoms in total. The van der Waals surface area contributed by atoms with Crippen LogP contribution in [0.15, 0.2) is 176 Å². The van der Waals surface area contributed by atoms with Gasteiger partial charge in [-0.1, -0.05) is 152 Å². The first-order valence-corrected chi connectivity index (χ1v) is 18.0. The zero-order chi connectivity index (χ0) is 39.3. The van der Waals surface area contributed by atoms with Crippen LogP contribution in [0.25, 0.3) is 105 Å². The Morgan fingerprint density at radius 1 is 0.472 bits per heavy atom. The number of nitrogens with zero attached hydrogens (tertiary/aromatic N) is 2. The number of hydrogen-bond acceptors (Lipinski definition) is 1. The third-order valence-electron chi connectivity index (χ3n) is 11.0. The van der Waals surface area contributed by atoms with Crippen LogP contribution in [0, 0.1) is 0 Å². The number of para-hydroxylation sites is 2. The minimum Gasteiger partial charge on any atom is -0.296 e. The Hall–Kier alpha value is -6.77. The van der Waals surface area contributed by atoms with E-state index in [9.17, 15) is 0 Å². The molecule has 0 bridgehead atoms. The number of rotatable bonds is 5. The van der Waals surface area contributed by atoms with Gasteiger partial charge in [0.25, 0.3) is 0 Å². The van der Waals surface area contributed by atoms with Crippen LogP contribution in [0.2, 0.25) is 0 Å². The highest BCUT2D eigenvalue weighted by Gasteiger charge is 2.24. The van der Waals surface area contributed by atoms with Crippen LogP contribution in [0.5, 0.6) is 0 Å². The van der Waals surface area contributed by atoms with Gasteiger partial charge in [-0.05, 0) is 118 Å². The number of aromatic nitrogens is 2. The standard InChI is InChI=1S/C51H34N2/c1-2-48-52-46-26-9-10-27-47(46)53(48)35-17-12-15-33(31-35)32-14-11-16-34(30-32)49-39-20-5-7-22-41(39)51(42-23-8-6-21-40(42)49)45-29-28-44-37-19-4-3-18-36(37)38-24-13-25-43(45)50(38)44/h3-31H,2H2,1H3/i1D3,2D2. The van der Waals surface area contributed by atoms with Crippen molar-refractivity contribution < 1.29 is 6.85 Å². The van der Waals surface area contributed by atoms with Gasteiger partial charge in [0, 0.05) is 18.9 Å². The summed E-state index contributed by atoms with van der Waals surface area (Å²) in [6.07, 6.45) is -2.69. The minimum atomic E-state index is -2.92. The quantitative estimate of drug-likeness (QED) is 0.166. The summed E-state index contributed by atoms with van der Waals surface area (Å²) in [5.74, 6) is -0.151. The maximum Gasteiger partial charge on any atom is 0.114 e. The fraction of sp³-hybridized carbons (Fsp3) is 0.0392. The molecule has 0 N–H and O–H groups in total. The molecule has 0 saturated carbocycles. The van der Waals surface area contributed by atoms with E-state index in [0.29, 0.717) is 16.7 Å². The van der Waals surface area contributed by atoms with Gasteiger partial charge < -0.3 is 0 Å². The molecule has 0 saturated heterocycles. The monoisotopic (exact) mass is 679 g/mol. The molecule has 0 amide bonds. The predicted octanol–water partition coefficient (Wildman–Crippen LogP) is 13.7. The van der Waals surface area contributed by atoms with E-state index in [-0.39, 0.29) is 5.82 Å². The van der Waals surface area contributed by atoms with Gasteiger partial charge in [0.05, 0.1) is 11.0 Å². The number of fused-ring (bicyclic) bond motifs is 6. The van der Waals surface area contributed by atoms with Crippen molar-refractivity contribution in [2.45, 2.75) is 13.2 Å². The average molecular weight is 680 g/mol. The lowest BCUT2D eigenvalue weighted by atomic mass is 9.84. The second-order valence-corrected chi connectivity index (χ2v) is 13.8. The maximum atomic E-state index is 8.69. The fourth-order valence-corrected chi connectivity index (χ4v) is 8.81. The third-order valence-corrected chi connectivity index (χ3v) is 11.0. The zero-order valence-electron chi connectivity index (χ0n) is 33.6. The lowest BCUT2D eigenvalue weighted by Gasteiger charge is -2.19. The molecule has 0 fully saturated rings. The van der Waals surface area contributed by atoms with Gasteiger partial charge in [-0.3, -0.25) is 4.57 Å². The molecule has 0 atom stereocenters. The summed E-state index contributed by atoms with van der Waals surface area (Å²) in [7, 11) is 0. The van der Waals surface area contributed by atoms with Crippen molar-refractivity contribution >= 4 is 43.4 Å². The predicted molar refractivity (Wildman–Crippen MR) is 224 cm³/mol. The zero-order valence-corrected chi connectivity index (χ0v) is 28.6. The highest BCUT2D eigenvalue weighted by Crippen LogP contribution is 2.51. The van der Waals surface area contributed by atoms with E-state index in [1.54, 1.807) is 10.6 Å². The molecule has 1 aliphatic carbocycles. The van der Waals surface area contributed by atoms with Crippen LogP contribution in [0.1, 0.15) is 19.5 Å². The maximum absolute atomic E-state index is 8.69. The van der Waals surface area contributed by atoms with Crippen molar-refractivity contribution in [1.82, 2.24) is 9.55 Å². The molecule has 0 unspecified atom stereocenters. The Labute approximate surface area is 315 Å². The van der Waals surface area contributed by atoms with Gasteiger partial charge in [0.15, 0.2) is 0 Å². The summed E-state index contributed by atoms with van der Waals surface area (Å²) in [5.41, 5.74) is 13.5. The van der Waals surface area contributed by atoms with E-state index in [2.05, 4.69) is 132 Å². The average Bonchev–Trinajstić information content (AvgIpc) is 3.81. The van der Waals surface area contributed by atoms with Gasteiger partial charge in [-0.15, -0.1) is 0 Å². The Balaban J connectivity index is 1.10. The second kappa shape index (κ2) is 11.6. The van der Waals surface area contributed by atoms with Crippen LogP contribution >= 0.6 is 0 Å². The molecule has 0 aliphatic heterocycles. The van der Waals surface area contributed by atoms with Crippen LogP contribution in [0.4, 0.5) is 0 Å². The van der Waals surface area contributed by atoms with E-state index >= 15 is 0 Å². The van der Waals surface area contributed by atoms with Gasteiger partial charge in [-0.2, -0.15) is 0 Å². The lowest BCUT2D eigenvalue weighted by Crippen LogP contribution is -2.00. The lowest BCUT2D eigenvalue weighted by molar-refractivity contribution is 0.908. The topological polar surface area (TPSA) is 17.8 Å². The van der Waals surface area contributed by atoms with Crippen LogP contribution in [0.3, 0.4) is 0 Å². The van der Waals surface area contributed by atoms with E-state index in [4.69, 9.17) is 6.85 Å². The molecule has 2 heteroatoms. The molecule has 1 aliphatic rings. The van der Waals surface area contributed by atoms with Crippen molar-refractivity contribution in [1.29, 1.82) is 0 Å². The molecule has 53 heavy (non-hydrogen) atoms. The molecule has 9 aromatic carbocycles. The molecule has 248 valence electrons. The molecule has 10 aromatic rings. The molecule has 0 spiro atoms. The van der Waals surface area contributed by atoms with Crippen molar-refractivity contribution in [2.75, 3.05) is 0 Å². The van der Waals surface area contributed by atoms with Crippen LogP contribution < -0.4 is 0 Å². The Bertz CT molecular complexity index is 3230. The highest BCUT2D eigenvalue weighted by atomic mass is 15.1. The number of hydrogen-bond donors (Lipinski definition) is 0. The van der Waals surface area contributed by atoms with Crippen LogP contribution in [-0.4, -0.2) is 9.55 Å². The summed E-state index contributed by atoms with van der Waals surface area (Å²) in [6.45, 7) is -2.92. The normalized spacial score (nSPS) is 13.8. The van der Waals surface area contributed by atoms with E-state index in [1.807, 2.05) is 42.5 Å². The Morgan fingerprint density at radius 3 is 1.77 bits per heavy atom. The molecule has 1 aromatic heterocycles. The van der Waals surface area contributed by atoms with E-state index in [1.165, 1.54) is 54.9 Å². The van der Waals surface area contributed by atoms with Crippen molar-refractivity contribution in [2.24, 2.45) is 0 Å². The van der Waals surface area contributed by atoms with Gasteiger partial charge in [0.2, 0.25) is 0 Å². The first-order valence-electron chi connectivity index (χ1n) is 20.5. The molecule has 0 radical (unpaired) electrons. The largest absolute Gasteiger partial charge is 0.296 e. The summed E-state index contributed by atoms with van der Waals surface area (Å²) < 4.78 is 43.2. The second-order valence-electron chi connectivity index (χ2n) is 13.8. The highest BCUT2D eigenvalue weighted by molar-refractivity contribution is 6.26. The Kier molecular flexibility index (Phi) is 5.53. The third kappa shape index (κ3) is 4.42. The molecule has 1 heterocycles. The molecule has 11 rings (SSSR count). The van der Waals surface area contributed by atoms with Crippen LogP contribution in [-0.2, 0) is 6.37 Å². The number of imidazole rings is 1. The van der Waals surface area contributed by atoms with Crippen molar-refractivity contribution in [3.8, 4) is 61.3 Å². The smallest absolute Gasteiger partial charge is 0.114 e. The fourth-order valence-electron chi connectivity index (χ4n) is 8.81.